The Morgan fingerprint density at radius 2 is 1.76 bits per heavy atom. The molecular weight excluding hydrogens is 466 g/mol. The predicted molar refractivity (Wildman–Crippen MR) is 128 cm³/mol. The van der Waals surface area contributed by atoms with Gasteiger partial charge in [-0.1, -0.05) is 6.07 Å². The van der Waals surface area contributed by atoms with Gasteiger partial charge in [0.2, 0.25) is 5.91 Å². The quantitative estimate of drug-likeness (QED) is 0.636. The monoisotopic (exact) mass is 494 g/mol. The molecule has 2 saturated heterocycles. The topological polar surface area (TPSA) is 66.0 Å². The lowest BCUT2D eigenvalue weighted by Crippen LogP contribution is -2.49. The van der Waals surface area contributed by atoms with Gasteiger partial charge in [0, 0.05) is 51.6 Å². The molecule has 2 aliphatic heterocycles. The van der Waals surface area contributed by atoms with Crippen LogP contribution in [0.3, 0.4) is 0 Å². The molecule has 2 fully saturated rings. The Labute approximate surface area is 204 Å². The standard InChI is InChI=1S/C24H28F2N4O3.ClH/c1-15-10-16(2)23(27-13-15)28-6-8-29(9-7-28)24(32)22-19(25)11-18(12-20(22)26)30-17(14-33-3)4-5-21(30)31;/h10-13,17H,4-9,14H2,1-3H3;1H/t17-;/m1./s1. The van der Waals surface area contributed by atoms with Crippen LogP contribution in [0.1, 0.15) is 34.3 Å². The molecule has 4 rings (SSSR count). The second-order valence-corrected chi connectivity index (χ2v) is 8.63. The third-order valence-corrected chi connectivity index (χ3v) is 6.26. The number of ether oxygens (including phenoxy) is 1. The molecule has 2 aliphatic rings. The second-order valence-electron chi connectivity index (χ2n) is 8.63. The molecule has 0 aliphatic carbocycles. The Bertz CT molecular complexity index is 1050. The molecule has 0 N–H and O–H groups in total. The summed E-state index contributed by atoms with van der Waals surface area (Å²) in [5.74, 6) is -1.99. The van der Waals surface area contributed by atoms with E-state index in [9.17, 15) is 18.4 Å². The van der Waals surface area contributed by atoms with Crippen LogP contribution in [0.15, 0.2) is 24.4 Å². The van der Waals surface area contributed by atoms with Crippen molar-refractivity contribution in [3.05, 3.63) is 52.7 Å². The third-order valence-electron chi connectivity index (χ3n) is 6.26. The Hall–Kier alpha value is -2.78. The molecule has 0 spiro atoms. The first-order chi connectivity index (χ1) is 15.8. The van der Waals surface area contributed by atoms with Gasteiger partial charge >= 0.3 is 0 Å². The molecule has 3 heterocycles. The molecule has 0 radical (unpaired) electrons. The number of aromatic nitrogens is 1. The summed E-state index contributed by atoms with van der Waals surface area (Å²) in [7, 11) is 1.51. The largest absolute Gasteiger partial charge is 0.383 e. The van der Waals surface area contributed by atoms with Crippen LogP contribution in [0.2, 0.25) is 0 Å². The molecule has 10 heteroatoms. The number of hydrogen-bond acceptors (Lipinski definition) is 5. The molecule has 0 bridgehead atoms. The highest BCUT2D eigenvalue weighted by Crippen LogP contribution is 2.30. The number of benzene rings is 1. The van der Waals surface area contributed by atoms with E-state index in [1.807, 2.05) is 13.8 Å². The Morgan fingerprint density at radius 1 is 1.12 bits per heavy atom. The number of carbonyl (C=O) groups excluding carboxylic acids is 2. The van der Waals surface area contributed by atoms with Crippen LogP contribution >= 0.6 is 12.4 Å². The van der Waals surface area contributed by atoms with Gasteiger partial charge in [-0.25, -0.2) is 13.8 Å². The zero-order valence-corrected chi connectivity index (χ0v) is 20.3. The van der Waals surface area contributed by atoms with Gasteiger partial charge < -0.3 is 19.4 Å². The van der Waals surface area contributed by atoms with E-state index in [1.165, 1.54) is 16.9 Å². The van der Waals surface area contributed by atoms with Crippen LogP contribution < -0.4 is 9.80 Å². The van der Waals surface area contributed by atoms with Crippen LogP contribution in [0.25, 0.3) is 0 Å². The van der Waals surface area contributed by atoms with Crippen molar-refractivity contribution in [1.29, 1.82) is 0 Å². The predicted octanol–water partition coefficient (Wildman–Crippen LogP) is 3.50. The lowest BCUT2D eigenvalue weighted by molar-refractivity contribution is -0.117. The van der Waals surface area contributed by atoms with Crippen LogP contribution in [0.5, 0.6) is 0 Å². The van der Waals surface area contributed by atoms with Gasteiger partial charge in [-0.15, -0.1) is 12.4 Å². The highest BCUT2D eigenvalue weighted by Gasteiger charge is 2.34. The van der Waals surface area contributed by atoms with E-state index in [1.54, 1.807) is 6.20 Å². The van der Waals surface area contributed by atoms with Gasteiger partial charge in [0.15, 0.2) is 0 Å². The zero-order chi connectivity index (χ0) is 23.7. The Morgan fingerprint density at radius 3 is 2.35 bits per heavy atom. The average Bonchev–Trinajstić information content (AvgIpc) is 3.13. The van der Waals surface area contributed by atoms with Crippen molar-refractivity contribution in [2.75, 3.05) is 49.7 Å². The second kappa shape index (κ2) is 10.7. The number of amides is 2. The number of pyridine rings is 1. The maximum atomic E-state index is 15.0. The number of hydrogen-bond donors (Lipinski definition) is 0. The molecule has 7 nitrogen and oxygen atoms in total. The fraction of sp³-hybridized carbons (Fsp3) is 0.458. The third kappa shape index (κ3) is 5.00. The molecule has 1 aromatic carbocycles. The maximum absolute atomic E-state index is 15.0. The fourth-order valence-corrected chi connectivity index (χ4v) is 4.67. The van der Waals surface area contributed by atoms with Gasteiger partial charge in [0.1, 0.15) is 23.0 Å². The van der Waals surface area contributed by atoms with E-state index in [4.69, 9.17) is 4.74 Å². The number of piperazine rings is 1. The molecule has 184 valence electrons. The molecule has 34 heavy (non-hydrogen) atoms. The van der Waals surface area contributed by atoms with Crippen molar-refractivity contribution in [1.82, 2.24) is 9.88 Å². The van der Waals surface area contributed by atoms with E-state index in [0.717, 1.165) is 29.1 Å². The summed E-state index contributed by atoms with van der Waals surface area (Å²) in [6, 6.07) is 3.90. The van der Waals surface area contributed by atoms with Crippen molar-refractivity contribution in [3.63, 3.8) is 0 Å². The summed E-state index contributed by atoms with van der Waals surface area (Å²) in [4.78, 5) is 34.6. The number of rotatable bonds is 5. The van der Waals surface area contributed by atoms with E-state index < -0.39 is 23.1 Å². The molecule has 0 unspecified atom stereocenters. The van der Waals surface area contributed by atoms with Gasteiger partial charge in [-0.05, 0) is 43.5 Å². The van der Waals surface area contributed by atoms with Crippen molar-refractivity contribution in [2.45, 2.75) is 32.7 Å². The smallest absolute Gasteiger partial charge is 0.259 e. The number of anilines is 2. The fourth-order valence-electron chi connectivity index (χ4n) is 4.67. The molecule has 2 aromatic rings. The van der Waals surface area contributed by atoms with Crippen LogP contribution in [-0.4, -0.2) is 67.6 Å². The minimum absolute atomic E-state index is 0. The van der Waals surface area contributed by atoms with Crippen molar-refractivity contribution >= 4 is 35.7 Å². The van der Waals surface area contributed by atoms with Gasteiger partial charge in [0.25, 0.3) is 5.91 Å². The first kappa shape index (κ1) is 25.8. The van der Waals surface area contributed by atoms with Crippen LogP contribution in [0.4, 0.5) is 20.3 Å². The summed E-state index contributed by atoms with van der Waals surface area (Å²) in [6.45, 7) is 5.93. The van der Waals surface area contributed by atoms with Crippen LogP contribution in [0, 0.1) is 25.5 Å². The lowest BCUT2D eigenvalue weighted by Gasteiger charge is -2.36. The van der Waals surface area contributed by atoms with Crippen LogP contribution in [-0.2, 0) is 9.53 Å². The number of halogens is 3. The minimum Gasteiger partial charge on any atom is -0.383 e. The van der Waals surface area contributed by atoms with Gasteiger partial charge in [-0.3, -0.25) is 9.59 Å². The molecular formula is C24H29ClF2N4O3. The molecule has 0 saturated carbocycles. The molecule has 2 amide bonds. The minimum atomic E-state index is -0.968. The molecule has 1 aromatic heterocycles. The lowest BCUT2D eigenvalue weighted by atomic mass is 10.1. The first-order valence-corrected chi connectivity index (χ1v) is 11.1. The van der Waals surface area contributed by atoms with Crippen molar-refractivity contribution < 1.29 is 23.1 Å². The molecule has 1 atom stereocenters. The zero-order valence-electron chi connectivity index (χ0n) is 19.5. The summed E-state index contributed by atoms with van der Waals surface area (Å²) in [6.07, 6.45) is 2.64. The Kier molecular flexibility index (Phi) is 8.09. The van der Waals surface area contributed by atoms with E-state index in [-0.39, 0.29) is 43.1 Å². The number of aryl methyl sites for hydroxylation is 2. The summed E-state index contributed by atoms with van der Waals surface area (Å²) in [5.41, 5.74) is 1.64. The van der Waals surface area contributed by atoms with Gasteiger partial charge in [-0.2, -0.15) is 0 Å². The van der Waals surface area contributed by atoms with Crippen molar-refractivity contribution in [2.24, 2.45) is 0 Å². The normalized spacial score (nSPS) is 18.3. The summed E-state index contributed by atoms with van der Waals surface area (Å²) < 4.78 is 35.1. The average molecular weight is 495 g/mol. The number of nitrogens with zero attached hydrogens (tertiary/aromatic N) is 4. The first-order valence-electron chi connectivity index (χ1n) is 11.1. The SMILES string of the molecule is COC[C@H]1CCC(=O)N1c1cc(F)c(C(=O)N2CCN(c3ncc(C)cc3C)CC2)c(F)c1.Cl. The van der Waals surface area contributed by atoms with E-state index >= 15 is 0 Å². The van der Waals surface area contributed by atoms with Crippen molar-refractivity contribution in [3.8, 4) is 0 Å². The summed E-state index contributed by atoms with van der Waals surface area (Å²) in [5, 5.41) is 0. The highest BCUT2D eigenvalue weighted by molar-refractivity contribution is 5.98. The maximum Gasteiger partial charge on any atom is 0.259 e. The van der Waals surface area contributed by atoms with E-state index in [0.29, 0.717) is 32.6 Å². The Balaban J connectivity index is 0.00000324. The summed E-state index contributed by atoms with van der Waals surface area (Å²) >= 11 is 0. The highest BCUT2D eigenvalue weighted by atomic mass is 35.5. The van der Waals surface area contributed by atoms with E-state index in [2.05, 4.69) is 16.0 Å². The van der Waals surface area contributed by atoms with Gasteiger partial charge in [0.05, 0.1) is 12.6 Å². The number of carbonyl (C=O) groups is 2. The number of methoxy groups -OCH3 is 1.